The summed E-state index contributed by atoms with van der Waals surface area (Å²) in [6, 6.07) is 12.6. The van der Waals surface area contributed by atoms with Gasteiger partial charge in [-0.2, -0.15) is 10.5 Å². The monoisotopic (exact) mass is 316 g/mol. The van der Waals surface area contributed by atoms with Gasteiger partial charge in [0.15, 0.2) is 0 Å². The molecule has 0 bridgehead atoms. The molecule has 0 unspecified atom stereocenters. The van der Waals surface area contributed by atoms with E-state index < -0.39 is 5.82 Å². The molecule has 0 radical (unpaired) electrons. The van der Waals surface area contributed by atoms with E-state index in [-0.39, 0.29) is 11.3 Å². The first kappa shape index (κ1) is 13.1. The lowest BCUT2D eigenvalue weighted by Crippen LogP contribution is -1.92. The zero-order valence-electron chi connectivity index (χ0n) is 9.52. The molecule has 0 aromatic heterocycles. The summed E-state index contributed by atoms with van der Waals surface area (Å²) < 4.78 is 19.5. The molecule has 19 heavy (non-hydrogen) atoms. The quantitative estimate of drug-likeness (QED) is 0.837. The third kappa shape index (κ3) is 2.90. The van der Waals surface area contributed by atoms with Gasteiger partial charge in [0.25, 0.3) is 0 Å². The molecular weight excluding hydrogens is 311 g/mol. The zero-order chi connectivity index (χ0) is 13.8. The van der Waals surface area contributed by atoms with Crippen LogP contribution in [0.4, 0.5) is 4.39 Å². The largest absolute Gasteiger partial charge is 0.456 e. The van der Waals surface area contributed by atoms with Gasteiger partial charge in [0.05, 0.1) is 11.6 Å². The SMILES string of the molecule is N#Cc1cc(Br)cc(Oc2cccc(F)c2C#N)c1. The molecule has 2 aromatic carbocycles. The van der Waals surface area contributed by atoms with Gasteiger partial charge in [-0.05, 0) is 30.3 Å². The maximum atomic E-state index is 13.4. The van der Waals surface area contributed by atoms with Crippen molar-refractivity contribution < 1.29 is 9.13 Å². The molecule has 2 aromatic rings. The number of hydrogen-bond donors (Lipinski definition) is 0. The van der Waals surface area contributed by atoms with Crippen molar-refractivity contribution in [3.8, 4) is 23.6 Å². The molecule has 0 amide bonds. The molecule has 0 aliphatic carbocycles. The Kier molecular flexibility index (Phi) is 3.79. The Labute approximate surface area is 117 Å². The van der Waals surface area contributed by atoms with Crippen molar-refractivity contribution in [2.45, 2.75) is 0 Å². The van der Waals surface area contributed by atoms with Crippen LogP contribution < -0.4 is 4.74 Å². The molecule has 5 heteroatoms. The minimum Gasteiger partial charge on any atom is -0.456 e. The van der Waals surface area contributed by atoms with Gasteiger partial charge in [-0.3, -0.25) is 0 Å². The molecule has 0 fully saturated rings. The van der Waals surface area contributed by atoms with Crippen LogP contribution in [-0.4, -0.2) is 0 Å². The van der Waals surface area contributed by atoms with E-state index in [1.165, 1.54) is 24.3 Å². The van der Waals surface area contributed by atoms with Gasteiger partial charge in [0.1, 0.15) is 28.9 Å². The molecule has 92 valence electrons. The van der Waals surface area contributed by atoms with E-state index in [2.05, 4.69) is 15.9 Å². The normalized spacial score (nSPS) is 9.47. The summed E-state index contributed by atoms with van der Waals surface area (Å²) in [5, 5.41) is 17.8. The highest BCUT2D eigenvalue weighted by Gasteiger charge is 2.10. The Hall–Kier alpha value is -2.37. The maximum Gasteiger partial charge on any atom is 0.148 e. The van der Waals surface area contributed by atoms with E-state index >= 15 is 0 Å². The Morgan fingerprint density at radius 3 is 2.58 bits per heavy atom. The molecule has 0 aliphatic heterocycles. The fourth-order valence-corrected chi connectivity index (χ4v) is 1.98. The Morgan fingerprint density at radius 1 is 1.11 bits per heavy atom. The first-order valence-electron chi connectivity index (χ1n) is 5.21. The van der Waals surface area contributed by atoms with Crippen LogP contribution in [0.5, 0.6) is 11.5 Å². The van der Waals surface area contributed by atoms with Crippen molar-refractivity contribution in [3.05, 3.63) is 57.8 Å². The van der Waals surface area contributed by atoms with Crippen molar-refractivity contribution in [2.75, 3.05) is 0 Å². The van der Waals surface area contributed by atoms with Crippen molar-refractivity contribution in [1.82, 2.24) is 0 Å². The van der Waals surface area contributed by atoms with Gasteiger partial charge in [0.2, 0.25) is 0 Å². The van der Waals surface area contributed by atoms with Gasteiger partial charge in [0, 0.05) is 4.47 Å². The highest BCUT2D eigenvalue weighted by Crippen LogP contribution is 2.29. The van der Waals surface area contributed by atoms with Gasteiger partial charge < -0.3 is 4.74 Å². The van der Waals surface area contributed by atoms with Crippen molar-refractivity contribution >= 4 is 15.9 Å². The summed E-state index contributed by atoms with van der Waals surface area (Å²) in [4.78, 5) is 0. The van der Waals surface area contributed by atoms with Crippen LogP contribution in [0, 0.1) is 28.5 Å². The van der Waals surface area contributed by atoms with E-state index in [0.29, 0.717) is 15.8 Å². The first-order valence-corrected chi connectivity index (χ1v) is 6.00. The lowest BCUT2D eigenvalue weighted by molar-refractivity contribution is 0.474. The summed E-state index contributed by atoms with van der Waals surface area (Å²) >= 11 is 3.25. The molecular formula is C14H6BrFN2O. The number of nitriles is 2. The molecule has 0 spiro atoms. The Balaban J connectivity index is 2.43. The number of rotatable bonds is 2. The highest BCUT2D eigenvalue weighted by molar-refractivity contribution is 9.10. The van der Waals surface area contributed by atoms with Crippen LogP contribution in [0.25, 0.3) is 0 Å². The predicted molar refractivity (Wildman–Crippen MR) is 70.0 cm³/mol. The molecule has 0 saturated heterocycles. The van der Waals surface area contributed by atoms with Gasteiger partial charge in [-0.15, -0.1) is 0 Å². The molecule has 0 heterocycles. The van der Waals surface area contributed by atoms with Crippen molar-refractivity contribution in [3.63, 3.8) is 0 Å². The van der Waals surface area contributed by atoms with Gasteiger partial charge >= 0.3 is 0 Å². The zero-order valence-corrected chi connectivity index (χ0v) is 11.1. The lowest BCUT2D eigenvalue weighted by atomic mass is 10.2. The average molecular weight is 317 g/mol. The first-order chi connectivity index (χ1) is 9.13. The lowest BCUT2D eigenvalue weighted by Gasteiger charge is -2.08. The van der Waals surface area contributed by atoms with E-state index in [0.717, 1.165) is 0 Å². The third-order valence-electron chi connectivity index (χ3n) is 2.32. The van der Waals surface area contributed by atoms with E-state index in [9.17, 15) is 4.39 Å². The van der Waals surface area contributed by atoms with Crippen LogP contribution in [0.1, 0.15) is 11.1 Å². The van der Waals surface area contributed by atoms with Crippen LogP contribution >= 0.6 is 15.9 Å². The average Bonchev–Trinajstić information content (AvgIpc) is 2.38. The standard InChI is InChI=1S/C14H6BrFN2O/c15-10-4-9(7-17)5-11(6-10)19-14-3-1-2-13(16)12(14)8-18/h1-6H. The second-order valence-electron chi connectivity index (χ2n) is 3.61. The van der Waals surface area contributed by atoms with E-state index in [4.69, 9.17) is 15.3 Å². The number of nitrogens with zero attached hydrogens (tertiary/aromatic N) is 2. The minimum atomic E-state index is -0.643. The topological polar surface area (TPSA) is 56.8 Å². The smallest absolute Gasteiger partial charge is 0.148 e. The Morgan fingerprint density at radius 2 is 1.89 bits per heavy atom. The molecule has 0 saturated carbocycles. The highest BCUT2D eigenvalue weighted by atomic mass is 79.9. The van der Waals surface area contributed by atoms with Gasteiger partial charge in [-0.25, -0.2) is 4.39 Å². The van der Waals surface area contributed by atoms with Crippen LogP contribution in [0.3, 0.4) is 0 Å². The summed E-state index contributed by atoms with van der Waals surface area (Å²) in [6.45, 7) is 0. The summed E-state index contributed by atoms with van der Waals surface area (Å²) in [5.41, 5.74) is 0.236. The van der Waals surface area contributed by atoms with Crippen molar-refractivity contribution in [1.29, 1.82) is 10.5 Å². The molecule has 0 atom stereocenters. The number of halogens is 2. The molecule has 0 aliphatic rings. The minimum absolute atomic E-state index is 0.115. The Bertz CT molecular complexity index is 716. The predicted octanol–water partition coefficient (Wildman–Crippen LogP) is 4.12. The number of hydrogen-bond acceptors (Lipinski definition) is 3. The summed E-state index contributed by atoms with van der Waals surface area (Å²) in [7, 11) is 0. The van der Waals surface area contributed by atoms with Crippen LogP contribution in [0.2, 0.25) is 0 Å². The second-order valence-corrected chi connectivity index (χ2v) is 4.53. The summed E-state index contributed by atoms with van der Waals surface area (Å²) in [5.74, 6) is -0.173. The second kappa shape index (κ2) is 5.51. The fraction of sp³-hybridized carbons (Fsp3) is 0. The third-order valence-corrected chi connectivity index (χ3v) is 2.77. The van der Waals surface area contributed by atoms with Crippen LogP contribution in [-0.2, 0) is 0 Å². The summed E-state index contributed by atoms with van der Waals surface area (Å²) in [6.07, 6.45) is 0. The van der Waals surface area contributed by atoms with E-state index in [1.54, 1.807) is 18.2 Å². The number of ether oxygens (including phenoxy) is 1. The van der Waals surface area contributed by atoms with Gasteiger partial charge in [-0.1, -0.05) is 22.0 Å². The molecule has 3 nitrogen and oxygen atoms in total. The van der Waals surface area contributed by atoms with Crippen molar-refractivity contribution in [2.24, 2.45) is 0 Å². The molecule has 2 rings (SSSR count). The molecule has 0 N–H and O–H groups in total. The maximum absolute atomic E-state index is 13.4. The number of benzene rings is 2. The van der Waals surface area contributed by atoms with E-state index in [1.807, 2.05) is 6.07 Å². The fourth-order valence-electron chi connectivity index (χ4n) is 1.51. The van der Waals surface area contributed by atoms with Crippen LogP contribution in [0.15, 0.2) is 40.9 Å².